The van der Waals surface area contributed by atoms with Gasteiger partial charge in [0.05, 0.1) is 12.4 Å². The van der Waals surface area contributed by atoms with Crippen molar-refractivity contribution in [3.8, 4) is 5.82 Å². The highest BCUT2D eigenvalue weighted by Gasteiger charge is 2.00. The van der Waals surface area contributed by atoms with Crippen molar-refractivity contribution in [1.82, 2.24) is 20.0 Å². The molecule has 13 heavy (non-hydrogen) atoms. The predicted molar refractivity (Wildman–Crippen MR) is 48.3 cm³/mol. The van der Waals surface area contributed by atoms with Crippen molar-refractivity contribution < 1.29 is 0 Å². The molecule has 2 heterocycles. The van der Waals surface area contributed by atoms with E-state index in [1.165, 1.54) is 4.80 Å². The SMILES string of the molecule is Cc1cc(N)nc(-n2nccn2)c1. The molecular weight excluding hydrogens is 166 g/mol. The van der Waals surface area contributed by atoms with Crippen LogP contribution in [0.1, 0.15) is 5.56 Å². The summed E-state index contributed by atoms with van der Waals surface area (Å²) in [6, 6.07) is 3.67. The Balaban J connectivity index is 2.53. The molecule has 2 aromatic heterocycles. The summed E-state index contributed by atoms with van der Waals surface area (Å²) in [6.45, 7) is 1.95. The lowest BCUT2D eigenvalue weighted by molar-refractivity contribution is 0.729. The maximum Gasteiger partial charge on any atom is 0.176 e. The number of rotatable bonds is 1. The van der Waals surface area contributed by atoms with Crippen LogP contribution >= 0.6 is 0 Å². The van der Waals surface area contributed by atoms with Crippen LogP contribution in [0.4, 0.5) is 5.82 Å². The van der Waals surface area contributed by atoms with Gasteiger partial charge in [0.15, 0.2) is 5.82 Å². The van der Waals surface area contributed by atoms with Gasteiger partial charge in [-0.3, -0.25) is 0 Å². The Morgan fingerprint density at radius 2 is 1.92 bits per heavy atom. The van der Waals surface area contributed by atoms with Crippen molar-refractivity contribution >= 4 is 5.82 Å². The Bertz CT molecular complexity index is 386. The molecule has 0 fully saturated rings. The van der Waals surface area contributed by atoms with Crippen LogP contribution in [0, 0.1) is 6.92 Å². The molecular formula is C8H9N5. The molecule has 0 bridgehead atoms. The molecule has 2 N–H and O–H groups in total. The van der Waals surface area contributed by atoms with E-state index in [1.807, 2.05) is 13.0 Å². The molecule has 0 aliphatic heterocycles. The van der Waals surface area contributed by atoms with Gasteiger partial charge in [0.1, 0.15) is 5.82 Å². The summed E-state index contributed by atoms with van der Waals surface area (Å²) in [6.07, 6.45) is 3.19. The average Bonchev–Trinajstić information content (AvgIpc) is 2.53. The summed E-state index contributed by atoms with van der Waals surface area (Å²) >= 11 is 0. The number of nitrogens with zero attached hydrogens (tertiary/aromatic N) is 4. The van der Waals surface area contributed by atoms with Crippen molar-refractivity contribution in [1.29, 1.82) is 0 Å². The third-order valence-corrected chi connectivity index (χ3v) is 1.60. The molecule has 5 nitrogen and oxygen atoms in total. The first kappa shape index (κ1) is 7.72. The zero-order chi connectivity index (χ0) is 9.26. The van der Waals surface area contributed by atoms with E-state index in [0.29, 0.717) is 11.6 Å². The van der Waals surface area contributed by atoms with E-state index in [4.69, 9.17) is 5.73 Å². The zero-order valence-electron chi connectivity index (χ0n) is 7.18. The van der Waals surface area contributed by atoms with Crippen molar-refractivity contribution in [2.24, 2.45) is 0 Å². The minimum atomic E-state index is 0.479. The molecule has 0 aliphatic rings. The molecule has 2 aromatic rings. The highest BCUT2D eigenvalue weighted by molar-refractivity contribution is 5.38. The van der Waals surface area contributed by atoms with E-state index in [-0.39, 0.29) is 0 Å². The molecule has 5 heteroatoms. The normalized spacial score (nSPS) is 10.2. The maximum atomic E-state index is 5.59. The minimum Gasteiger partial charge on any atom is -0.384 e. The summed E-state index contributed by atoms with van der Waals surface area (Å²) < 4.78 is 0. The second-order valence-corrected chi connectivity index (χ2v) is 2.75. The molecule has 0 aliphatic carbocycles. The van der Waals surface area contributed by atoms with Crippen LogP contribution in [0.25, 0.3) is 5.82 Å². The third kappa shape index (κ3) is 1.48. The molecule has 0 unspecified atom stereocenters. The molecule has 2 rings (SSSR count). The molecule has 0 aromatic carbocycles. The highest BCUT2D eigenvalue weighted by atomic mass is 15.5. The van der Waals surface area contributed by atoms with Crippen LogP contribution in [0.5, 0.6) is 0 Å². The lowest BCUT2D eigenvalue weighted by Gasteiger charge is -2.01. The maximum absolute atomic E-state index is 5.59. The molecule has 0 saturated carbocycles. The Labute approximate surface area is 75.2 Å². The number of pyridine rings is 1. The van der Waals surface area contributed by atoms with E-state index in [1.54, 1.807) is 18.5 Å². The van der Waals surface area contributed by atoms with Gasteiger partial charge in [-0.2, -0.15) is 10.2 Å². The summed E-state index contributed by atoms with van der Waals surface area (Å²) in [5.74, 6) is 1.12. The first-order valence-electron chi connectivity index (χ1n) is 3.86. The van der Waals surface area contributed by atoms with Gasteiger partial charge < -0.3 is 5.73 Å². The predicted octanol–water partition coefficient (Wildman–Crippen LogP) is 0.553. The largest absolute Gasteiger partial charge is 0.384 e. The van der Waals surface area contributed by atoms with Gasteiger partial charge in [0, 0.05) is 0 Å². The number of aryl methyl sites for hydroxylation is 1. The van der Waals surface area contributed by atoms with Crippen molar-refractivity contribution in [2.45, 2.75) is 6.92 Å². The second-order valence-electron chi connectivity index (χ2n) is 2.75. The van der Waals surface area contributed by atoms with Gasteiger partial charge in [-0.1, -0.05) is 0 Å². The lowest BCUT2D eigenvalue weighted by Crippen LogP contribution is -2.03. The van der Waals surface area contributed by atoms with Gasteiger partial charge in [-0.25, -0.2) is 4.98 Å². The number of nitrogens with two attached hydrogens (primary N) is 1. The summed E-state index contributed by atoms with van der Waals surface area (Å²) in [5, 5.41) is 7.91. The number of nitrogen functional groups attached to an aromatic ring is 1. The summed E-state index contributed by atoms with van der Waals surface area (Å²) in [5.41, 5.74) is 6.63. The molecule has 0 atom stereocenters. The Morgan fingerprint density at radius 1 is 1.23 bits per heavy atom. The molecule has 66 valence electrons. The van der Waals surface area contributed by atoms with Gasteiger partial charge in [-0.05, 0) is 24.6 Å². The highest BCUT2D eigenvalue weighted by Crippen LogP contribution is 2.08. The van der Waals surface area contributed by atoms with Gasteiger partial charge in [0.2, 0.25) is 0 Å². The van der Waals surface area contributed by atoms with Crippen molar-refractivity contribution in [3.63, 3.8) is 0 Å². The Morgan fingerprint density at radius 3 is 2.54 bits per heavy atom. The smallest absolute Gasteiger partial charge is 0.176 e. The number of aromatic nitrogens is 4. The number of anilines is 1. The fourth-order valence-electron chi connectivity index (χ4n) is 1.11. The second kappa shape index (κ2) is 2.85. The molecule has 0 amide bonds. The van der Waals surface area contributed by atoms with Crippen molar-refractivity contribution in [3.05, 3.63) is 30.1 Å². The molecule has 0 saturated heterocycles. The van der Waals surface area contributed by atoms with E-state index in [9.17, 15) is 0 Å². The molecule has 0 spiro atoms. The number of hydrogen-bond donors (Lipinski definition) is 1. The van der Waals surface area contributed by atoms with E-state index < -0.39 is 0 Å². The zero-order valence-corrected chi connectivity index (χ0v) is 7.18. The average molecular weight is 175 g/mol. The minimum absolute atomic E-state index is 0.479. The van der Waals surface area contributed by atoms with Crippen LogP contribution in [-0.4, -0.2) is 20.0 Å². The van der Waals surface area contributed by atoms with E-state index >= 15 is 0 Å². The monoisotopic (exact) mass is 175 g/mol. The summed E-state index contributed by atoms with van der Waals surface area (Å²) in [7, 11) is 0. The Kier molecular flexibility index (Phi) is 1.70. The van der Waals surface area contributed by atoms with E-state index in [2.05, 4.69) is 15.2 Å². The first-order valence-corrected chi connectivity index (χ1v) is 3.86. The van der Waals surface area contributed by atoms with Gasteiger partial charge in [-0.15, -0.1) is 4.80 Å². The van der Waals surface area contributed by atoms with Crippen LogP contribution < -0.4 is 5.73 Å². The fourth-order valence-corrected chi connectivity index (χ4v) is 1.11. The third-order valence-electron chi connectivity index (χ3n) is 1.60. The lowest BCUT2D eigenvalue weighted by atomic mass is 10.3. The quantitative estimate of drug-likeness (QED) is 0.687. The fraction of sp³-hybridized carbons (Fsp3) is 0.125. The summed E-state index contributed by atoms with van der Waals surface area (Å²) in [4.78, 5) is 5.53. The van der Waals surface area contributed by atoms with Crippen LogP contribution in [0.3, 0.4) is 0 Å². The number of hydrogen-bond acceptors (Lipinski definition) is 4. The van der Waals surface area contributed by atoms with Gasteiger partial charge >= 0.3 is 0 Å². The topological polar surface area (TPSA) is 69.6 Å². The molecule has 0 radical (unpaired) electrons. The van der Waals surface area contributed by atoms with E-state index in [0.717, 1.165) is 5.56 Å². The Hall–Kier alpha value is -1.91. The van der Waals surface area contributed by atoms with Crippen molar-refractivity contribution in [2.75, 3.05) is 5.73 Å². The first-order chi connectivity index (χ1) is 6.25. The van der Waals surface area contributed by atoms with Crippen LogP contribution in [-0.2, 0) is 0 Å². The van der Waals surface area contributed by atoms with Crippen LogP contribution in [0.2, 0.25) is 0 Å². The van der Waals surface area contributed by atoms with Crippen LogP contribution in [0.15, 0.2) is 24.5 Å². The van der Waals surface area contributed by atoms with Gasteiger partial charge in [0.25, 0.3) is 0 Å². The standard InChI is InChI=1S/C8H9N5/c1-6-4-7(9)12-8(5-6)13-10-2-3-11-13/h2-5H,1H3,(H2,9,12).